The second-order valence-electron chi connectivity index (χ2n) is 15.9. The number of rotatable bonds is 10. The van der Waals surface area contributed by atoms with Crippen molar-refractivity contribution in [3.63, 3.8) is 0 Å². The van der Waals surface area contributed by atoms with Crippen molar-refractivity contribution in [3.05, 3.63) is 114 Å². The SMILES string of the molecule is C=C[C@H](COC(=O)OC(C)(C)C)O[C@H]1CO[C@@H](C(=O)N2CCc3ccccc3[C@@H]2c2ccc(F)cc2)C[C@@H]1N(C(=O)OC(C)(C)C)S(=O)(=O)c1ccc(C)cc1. The van der Waals surface area contributed by atoms with Crippen LogP contribution in [0.1, 0.15) is 76.3 Å². The normalized spacial score (nSPS) is 20.6. The molecule has 2 heterocycles. The molecular weight excluding hydrogens is 744 g/mol. The van der Waals surface area contributed by atoms with Crippen LogP contribution < -0.4 is 0 Å². The van der Waals surface area contributed by atoms with Gasteiger partial charge in [0.1, 0.15) is 41.9 Å². The molecule has 0 saturated carbocycles. The number of aryl methyl sites for hydroxylation is 1. The van der Waals surface area contributed by atoms with Crippen LogP contribution in [0.15, 0.2) is 90.3 Å². The average molecular weight is 795 g/mol. The summed E-state index contributed by atoms with van der Waals surface area (Å²) in [5.41, 5.74) is 1.44. The quantitative estimate of drug-likeness (QED) is 0.152. The van der Waals surface area contributed by atoms with E-state index in [0.29, 0.717) is 22.8 Å². The van der Waals surface area contributed by atoms with Crippen LogP contribution in [0.2, 0.25) is 0 Å². The highest BCUT2D eigenvalue weighted by atomic mass is 32.2. The molecule has 56 heavy (non-hydrogen) atoms. The summed E-state index contributed by atoms with van der Waals surface area (Å²) < 4.78 is 72.7. The third kappa shape index (κ3) is 10.3. The van der Waals surface area contributed by atoms with Gasteiger partial charge in [-0.1, -0.05) is 60.2 Å². The van der Waals surface area contributed by atoms with Crippen molar-refractivity contribution in [2.75, 3.05) is 19.8 Å². The van der Waals surface area contributed by atoms with Crippen LogP contribution in [-0.4, -0.2) is 91.1 Å². The van der Waals surface area contributed by atoms with Gasteiger partial charge in [0.2, 0.25) is 0 Å². The molecule has 2 aliphatic rings. The van der Waals surface area contributed by atoms with Crippen molar-refractivity contribution in [3.8, 4) is 0 Å². The minimum absolute atomic E-state index is 0.181. The summed E-state index contributed by atoms with van der Waals surface area (Å²) in [6.07, 6.45) is -3.99. The van der Waals surface area contributed by atoms with Gasteiger partial charge in [0, 0.05) is 13.0 Å². The number of carbonyl (C=O) groups excluding carboxylic acids is 3. The summed E-state index contributed by atoms with van der Waals surface area (Å²) >= 11 is 0. The molecule has 12 nitrogen and oxygen atoms in total. The zero-order valence-corrected chi connectivity index (χ0v) is 33.7. The van der Waals surface area contributed by atoms with Gasteiger partial charge in [0.05, 0.1) is 23.6 Å². The Bertz CT molecular complexity index is 1990. The van der Waals surface area contributed by atoms with Gasteiger partial charge >= 0.3 is 12.2 Å². The zero-order chi connectivity index (χ0) is 41.0. The molecule has 0 spiro atoms. The average Bonchev–Trinajstić information content (AvgIpc) is 3.12. The maximum absolute atomic E-state index is 14.7. The highest BCUT2D eigenvalue weighted by Crippen LogP contribution is 2.38. The molecule has 302 valence electrons. The molecule has 0 bridgehead atoms. The summed E-state index contributed by atoms with van der Waals surface area (Å²) in [6, 6.07) is 17.7. The van der Waals surface area contributed by atoms with Crippen molar-refractivity contribution >= 4 is 28.2 Å². The number of carbonyl (C=O) groups is 3. The summed E-state index contributed by atoms with van der Waals surface area (Å²) in [6.45, 7) is 15.1. The second kappa shape index (κ2) is 17.1. The Kier molecular flexibility index (Phi) is 13.0. The van der Waals surface area contributed by atoms with Crippen molar-refractivity contribution in [1.29, 1.82) is 0 Å². The smallest absolute Gasteiger partial charge is 0.443 e. The van der Waals surface area contributed by atoms with Crippen LogP contribution in [-0.2, 0) is 44.9 Å². The highest BCUT2D eigenvalue weighted by Gasteiger charge is 2.49. The van der Waals surface area contributed by atoms with Crippen LogP contribution in [0, 0.1) is 12.7 Å². The Hall–Kier alpha value is -4.79. The van der Waals surface area contributed by atoms with E-state index in [1.165, 1.54) is 30.3 Å². The number of hydrogen-bond acceptors (Lipinski definition) is 10. The zero-order valence-electron chi connectivity index (χ0n) is 32.9. The van der Waals surface area contributed by atoms with Crippen LogP contribution in [0.5, 0.6) is 0 Å². The van der Waals surface area contributed by atoms with Gasteiger partial charge < -0.3 is 28.6 Å². The molecule has 3 aromatic rings. The Morgan fingerprint density at radius 1 is 0.964 bits per heavy atom. The fourth-order valence-electron chi connectivity index (χ4n) is 6.66. The number of halogens is 1. The van der Waals surface area contributed by atoms with Crippen molar-refractivity contribution < 1.29 is 50.9 Å². The standard InChI is InChI=1S/C42H51FN2O10S/c1-9-31(25-52-40(48)55-42(6,7)8)53-36-26-51-35(24-34(36)45(39(47)54-41(3,4)5)56(49,50)32-20-14-27(2)15-21-32)38(46)44-23-22-28-12-10-11-13-33(28)37(44)29-16-18-30(43)19-17-29/h9-21,31,34-37H,1,22-26H2,2-8H3/t31-,34+,35-,36+,37+/m1/s1. The van der Waals surface area contributed by atoms with Crippen LogP contribution >= 0.6 is 0 Å². The Morgan fingerprint density at radius 2 is 1.61 bits per heavy atom. The monoisotopic (exact) mass is 794 g/mol. The number of benzene rings is 3. The highest BCUT2D eigenvalue weighted by molar-refractivity contribution is 7.89. The summed E-state index contributed by atoms with van der Waals surface area (Å²) in [4.78, 5) is 42.8. The van der Waals surface area contributed by atoms with Gasteiger partial charge in [-0.3, -0.25) is 4.79 Å². The van der Waals surface area contributed by atoms with E-state index in [-0.39, 0.29) is 24.5 Å². The maximum Gasteiger partial charge on any atom is 0.508 e. The van der Waals surface area contributed by atoms with E-state index in [0.717, 1.165) is 16.7 Å². The first-order valence-corrected chi connectivity index (χ1v) is 19.9. The number of ether oxygens (including phenoxy) is 5. The first kappa shape index (κ1) is 42.4. The van der Waals surface area contributed by atoms with Gasteiger partial charge in [-0.2, -0.15) is 4.31 Å². The Labute approximate surface area is 328 Å². The first-order valence-electron chi connectivity index (χ1n) is 18.5. The van der Waals surface area contributed by atoms with Gasteiger partial charge in [-0.15, -0.1) is 6.58 Å². The van der Waals surface area contributed by atoms with E-state index < -0.39 is 75.6 Å². The van der Waals surface area contributed by atoms with Crippen LogP contribution in [0.25, 0.3) is 0 Å². The molecule has 0 unspecified atom stereocenters. The minimum Gasteiger partial charge on any atom is -0.443 e. The number of hydrogen-bond donors (Lipinski definition) is 0. The van der Waals surface area contributed by atoms with Crippen LogP contribution in [0.4, 0.5) is 14.0 Å². The van der Waals surface area contributed by atoms with Crippen molar-refractivity contribution in [1.82, 2.24) is 9.21 Å². The molecule has 3 aromatic carbocycles. The lowest BCUT2D eigenvalue weighted by molar-refractivity contribution is -0.167. The van der Waals surface area contributed by atoms with E-state index in [1.54, 1.807) is 77.6 Å². The van der Waals surface area contributed by atoms with E-state index in [4.69, 9.17) is 23.7 Å². The third-order valence-corrected chi connectivity index (χ3v) is 11.0. The molecule has 0 radical (unpaired) electrons. The topological polar surface area (TPSA) is 138 Å². The molecule has 2 amide bonds. The van der Waals surface area contributed by atoms with Gasteiger partial charge in [0.25, 0.3) is 15.9 Å². The summed E-state index contributed by atoms with van der Waals surface area (Å²) in [5.74, 6) is -0.880. The van der Waals surface area contributed by atoms with Crippen molar-refractivity contribution in [2.24, 2.45) is 0 Å². The largest absolute Gasteiger partial charge is 0.508 e. The van der Waals surface area contributed by atoms with Crippen molar-refractivity contribution in [2.45, 2.75) is 108 Å². The number of fused-ring (bicyclic) bond motifs is 1. The van der Waals surface area contributed by atoms with E-state index in [9.17, 15) is 27.2 Å². The Balaban J connectivity index is 1.54. The lowest BCUT2D eigenvalue weighted by Crippen LogP contribution is -2.60. The third-order valence-electron chi connectivity index (χ3n) is 9.19. The fraction of sp³-hybridized carbons (Fsp3) is 0.452. The summed E-state index contributed by atoms with van der Waals surface area (Å²) in [5, 5.41) is 0. The number of sulfonamides is 1. The molecule has 1 fully saturated rings. The van der Waals surface area contributed by atoms with Crippen LogP contribution in [0.3, 0.4) is 0 Å². The lowest BCUT2D eigenvalue weighted by Gasteiger charge is -2.44. The molecule has 2 aliphatic heterocycles. The molecule has 5 atom stereocenters. The predicted molar refractivity (Wildman–Crippen MR) is 206 cm³/mol. The van der Waals surface area contributed by atoms with Gasteiger partial charge in [0.15, 0.2) is 0 Å². The summed E-state index contributed by atoms with van der Waals surface area (Å²) in [7, 11) is -4.65. The van der Waals surface area contributed by atoms with E-state index >= 15 is 0 Å². The fourth-order valence-corrected chi connectivity index (χ4v) is 8.18. The predicted octanol–water partition coefficient (Wildman–Crippen LogP) is 7.28. The molecule has 1 saturated heterocycles. The van der Waals surface area contributed by atoms with E-state index in [1.807, 2.05) is 24.3 Å². The van der Waals surface area contributed by atoms with Gasteiger partial charge in [-0.05, 0) is 95.8 Å². The van der Waals surface area contributed by atoms with Gasteiger partial charge in [-0.25, -0.2) is 22.4 Å². The molecule has 0 N–H and O–H groups in total. The molecule has 0 aromatic heterocycles. The molecule has 5 rings (SSSR count). The number of nitrogens with zero attached hydrogens (tertiary/aromatic N) is 2. The molecule has 0 aliphatic carbocycles. The first-order chi connectivity index (χ1) is 26.3. The minimum atomic E-state index is -4.65. The number of amides is 2. The molecule has 14 heteroatoms. The second-order valence-corrected chi connectivity index (χ2v) is 17.7. The molecular formula is C42H51FN2O10S. The van der Waals surface area contributed by atoms with E-state index in [2.05, 4.69) is 6.58 Å². The maximum atomic E-state index is 14.7. The Morgan fingerprint density at radius 3 is 2.23 bits per heavy atom. The lowest BCUT2D eigenvalue weighted by atomic mass is 9.87.